The fraction of sp³-hybridized carbons (Fsp3) is 0.522. The number of benzene rings is 4. The molecule has 0 unspecified atom stereocenters. The van der Waals surface area contributed by atoms with Crippen LogP contribution in [0.2, 0.25) is 0 Å². The Balaban J connectivity index is 2.08. The third-order valence-electron chi connectivity index (χ3n) is 13.5. The Kier molecular flexibility index (Phi) is 31.5. The molecule has 73 heavy (non-hydrogen) atoms. The Morgan fingerprint density at radius 3 is 0.822 bits per heavy atom. The first-order valence-corrected chi connectivity index (χ1v) is 28.7. The molecule has 0 saturated heterocycles. The van der Waals surface area contributed by atoms with Crippen molar-refractivity contribution >= 4 is 32.3 Å². The molecule has 0 N–H and O–H groups in total. The van der Waals surface area contributed by atoms with Gasteiger partial charge in [0.1, 0.15) is 0 Å². The summed E-state index contributed by atoms with van der Waals surface area (Å²) >= 11 is 0. The minimum Gasteiger partial charge on any atom is -0.490 e. The van der Waals surface area contributed by atoms with Crippen LogP contribution in [-0.4, -0.2) is 39.6 Å². The Hall–Kier alpha value is -5.36. The molecule has 0 amide bonds. The van der Waals surface area contributed by atoms with E-state index in [0.717, 1.165) is 248 Å². The Bertz CT molecular complexity index is 2180. The molecule has 4 aromatic carbocycles. The van der Waals surface area contributed by atoms with Gasteiger partial charge in [-0.25, -0.2) is 0 Å². The second kappa shape index (κ2) is 38.3. The summed E-state index contributed by atoms with van der Waals surface area (Å²) in [5, 5.41) is 6.66. The minimum atomic E-state index is 0.601. The number of aryl methyl sites for hydroxylation is 1. The molecule has 0 radical (unpaired) electrons. The number of rotatable bonds is 48. The topological polar surface area (TPSA) is 55.4 Å². The van der Waals surface area contributed by atoms with Gasteiger partial charge in [0.25, 0.3) is 0 Å². The van der Waals surface area contributed by atoms with Crippen molar-refractivity contribution in [1.29, 1.82) is 0 Å². The van der Waals surface area contributed by atoms with Crippen LogP contribution >= 0.6 is 0 Å². The van der Waals surface area contributed by atoms with E-state index < -0.39 is 0 Å². The van der Waals surface area contributed by atoms with Crippen molar-refractivity contribution in [3.63, 3.8) is 0 Å². The van der Waals surface area contributed by atoms with Gasteiger partial charge in [0.2, 0.25) is 0 Å². The Morgan fingerprint density at radius 2 is 0.507 bits per heavy atom. The molecule has 0 heterocycles. The summed E-state index contributed by atoms with van der Waals surface area (Å²) in [7, 11) is 0. The molecule has 4 rings (SSSR count). The SMILES string of the molecule is C=CCCCCCOc1cc2c3cc(OCCCCCC=C)c(OCCCCCC=C)cc3c3c(CCCCCC=C)c(OCCCCCC=C)c(OCCCCCC=C)cc3c2cc1OCCCCCC=C. The van der Waals surface area contributed by atoms with Crippen molar-refractivity contribution in [2.24, 2.45) is 0 Å². The van der Waals surface area contributed by atoms with Crippen molar-refractivity contribution in [1.82, 2.24) is 0 Å². The first-order chi connectivity index (χ1) is 36.1. The average molecular weight is 997 g/mol. The minimum absolute atomic E-state index is 0.601. The van der Waals surface area contributed by atoms with Gasteiger partial charge in [-0.3, -0.25) is 0 Å². The monoisotopic (exact) mass is 997 g/mol. The van der Waals surface area contributed by atoms with Crippen LogP contribution in [0.5, 0.6) is 34.5 Å². The average Bonchev–Trinajstić information content (AvgIpc) is 3.40. The quantitative estimate of drug-likeness (QED) is 0.0250. The van der Waals surface area contributed by atoms with E-state index in [9.17, 15) is 0 Å². The molecular formula is C67H96O6. The van der Waals surface area contributed by atoms with Gasteiger partial charge < -0.3 is 28.4 Å². The molecule has 4 aromatic rings. The highest BCUT2D eigenvalue weighted by atomic mass is 16.5. The predicted molar refractivity (Wildman–Crippen MR) is 316 cm³/mol. The molecule has 0 fully saturated rings. The zero-order valence-electron chi connectivity index (χ0n) is 45.6. The fourth-order valence-electron chi connectivity index (χ4n) is 9.42. The Labute approximate surface area is 443 Å². The molecule has 400 valence electrons. The number of hydrogen-bond acceptors (Lipinski definition) is 6. The summed E-state index contributed by atoms with van der Waals surface area (Å²) in [5.74, 6) is 4.75. The first kappa shape index (κ1) is 60.2. The van der Waals surface area contributed by atoms with Crippen molar-refractivity contribution in [2.45, 2.75) is 186 Å². The van der Waals surface area contributed by atoms with Crippen LogP contribution in [0.3, 0.4) is 0 Å². The lowest BCUT2D eigenvalue weighted by molar-refractivity contribution is 0.257. The van der Waals surface area contributed by atoms with E-state index in [1.165, 1.54) is 10.9 Å². The van der Waals surface area contributed by atoms with Crippen LogP contribution in [0.1, 0.15) is 185 Å². The molecule has 0 aliphatic carbocycles. The highest BCUT2D eigenvalue weighted by Crippen LogP contribution is 2.50. The summed E-state index contributed by atoms with van der Waals surface area (Å²) in [5.41, 5.74) is 1.19. The third kappa shape index (κ3) is 21.6. The van der Waals surface area contributed by atoms with E-state index in [1.54, 1.807) is 0 Å². The summed E-state index contributed by atoms with van der Waals surface area (Å²) in [6, 6.07) is 11.3. The van der Waals surface area contributed by atoms with Gasteiger partial charge in [0, 0.05) is 5.56 Å². The Morgan fingerprint density at radius 1 is 0.260 bits per heavy atom. The molecule has 0 spiro atoms. The maximum Gasteiger partial charge on any atom is 0.165 e. The number of hydrogen-bond donors (Lipinski definition) is 0. The van der Waals surface area contributed by atoms with Crippen LogP contribution < -0.4 is 28.4 Å². The summed E-state index contributed by atoms with van der Waals surface area (Å²) in [6.45, 7) is 31.3. The second-order valence-electron chi connectivity index (χ2n) is 19.6. The first-order valence-electron chi connectivity index (χ1n) is 28.7. The molecule has 0 saturated carbocycles. The second-order valence-corrected chi connectivity index (χ2v) is 19.6. The van der Waals surface area contributed by atoms with Gasteiger partial charge in [-0.2, -0.15) is 0 Å². The molecule has 0 bridgehead atoms. The van der Waals surface area contributed by atoms with Gasteiger partial charge in [-0.05, 0) is 242 Å². The predicted octanol–water partition coefficient (Wildman–Crippen LogP) is 20.2. The number of fused-ring (bicyclic) bond motifs is 6. The number of allylic oxidation sites excluding steroid dienone is 7. The molecule has 6 nitrogen and oxygen atoms in total. The molecule has 6 heteroatoms. The van der Waals surface area contributed by atoms with Crippen molar-refractivity contribution < 1.29 is 28.4 Å². The van der Waals surface area contributed by atoms with Gasteiger partial charge in [-0.1, -0.05) is 49.0 Å². The zero-order chi connectivity index (χ0) is 52.0. The van der Waals surface area contributed by atoms with E-state index in [4.69, 9.17) is 28.4 Å². The van der Waals surface area contributed by atoms with Crippen LogP contribution in [0.15, 0.2) is 119 Å². The summed E-state index contributed by atoms with van der Waals surface area (Å²) < 4.78 is 41.2. The number of unbranched alkanes of at least 4 members (excludes halogenated alkanes) is 21. The van der Waals surface area contributed by atoms with E-state index in [1.807, 2.05) is 42.5 Å². The van der Waals surface area contributed by atoms with E-state index in [0.29, 0.717) is 39.6 Å². The number of ether oxygens (including phenoxy) is 6. The van der Waals surface area contributed by atoms with E-state index >= 15 is 0 Å². The molecule has 0 aromatic heterocycles. The highest BCUT2D eigenvalue weighted by Gasteiger charge is 2.24. The van der Waals surface area contributed by atoms with Crippen molar-refractivity contribution in [2.75, 3.05) is 39.6 Å². The van der Waals surface area contributed by atoms with Gasteiger partial charge in [0.15, 0.2) is 34.5 Å². The smallest absolute Gasteiger partial charge is 0.165 e. The maximum atomic E-state index is 7.06. The standard InChI is InChI=1S/C67H96O6/c1-8-15-22-29-36-43-55-66-59-53-64(71-47-40-33-26-19-12-5)63(70-46-39-32-25-18-11-4)51-57(59)56-50-61(68-44-37-30-23-16-9-2)62(69-45-38-31-24-17-10-3)52-58(56)60(66)54-65(72-48-41-34-27-20-13-6)67(55)73-49-42-35-28-21-14-7/h8-14,50-54H,1-7,15-49H2. The largest absolute Gasteiger partial charge is 0.490 e. The lowest BCUT2D eigenvalue weighted by atomic mass is 9.88. The van der Waals surface area contributed by atoms with Gasteiger partial charge >= 0.3 is 0 Å². The van der Waals surface area contributed by atoms with Gasteiger partial charge in [-0.15, -0.1) is 46.1 Å². The summed E-state index contributed by atoms with van der Waals surface area (Å²) in [6.07, 6.45) is 43.9. The molecular weight excluding hydrogens is 901 g/mol. The molecule has 0 aliphatic rings. The van der Waals surface area contributed by atoms with E-state index in [-0.39, 0.29) is 0 Å². The van der Waals surface area contributed by atoms with Crippen molar-refractivity contribution in [3.05, 3.63) is 124 Å². The third-order valence-corrected chi connectivity index (χ3v) is 13.5. The maximum absolute atomic E-state index is 7.06. The fourth-order valence-corrected chi connectivity index (χ4v) is 9.42. The highest BCUT2D eigenvalue weighted by molar-refractivity contribution is 6.27. The molecule has 0 atom stereocenters. The zero-order valence-corrected chi connectivity index (χ0v) is 45.6. The van der Waals surface area contributed by atoms with Crippen LogP contribution in [0.4, 0.5) is 0 Å². The van der Waals surface area contributed by atoms with E-state index in [2.05, 4.69) is 76.4 Å². The van der Waals surface area contributed by atoms with Crippen LogP contribution in [0.25, 0.3) is 32.3 Å². The lowest BCUT2D eigenvalue weighted by Crippen LogP contribution is -2.07. The molecule has 0 aliphatic heterocycles. The summed E-state index contributed by atoms with van der Waals surface area (Å²) in [4.78, 5) is 0. The van der Waals surface area contributed by atoms with Crippen LogP contribution in [0, 0.1) is 0 Å². The van der Waals surface area contributed by atoms with Crippen LogP contribution in [-0.2, 0) is 6.42 Å². The van der Waals surface area contributed by atoms with Gasteiger partial charge in [0.05, 0.1) is 39.6 Å². The lowest BCUT2D eigenvalue weighted by Gasteiger charge is -2.23. The van der Waals surface area contributed by atoms with Crippen molar-refractivity contribution in [3.8, 4) is 34.5 Å². The normalized spacial score (nSPS) is 11.1.